The number of ether oxygens (including phenoxy) is 1. The van der Waals surface area contributed by atoms with E-state index in [4.69, 9.17) is 4.74 Å². The van der Waals surface area contributed by atoms with E-state index in [1.165, 1.54) is 43.6 Å². The Kier molecular flexibility index (Phi) is 3.52. The van der Waals surface area contributed by atoms with Crippen molar-refractivity contribution in [2.24, 2.45) is 0 Å². The molecule has 2 heterocycles. The van der Waals surface area contributed by atoms with Gasteiger partial charge < -0.3 is 10.1 Å². The van der Waals surface area contributed by atoms with Gasteiger partial charge in [0, 0.05) is 19.1 Å². The summed E-state index contributed by atoms with van der Waals surface area (Å²) in [6.45, 7) is 4.67. The lowest BCUT2D eigenvalue weighted by atomic mass is 9.95. The maximum absolute atomic E-state index is 5.30. The summed E-state index contributed by atoms with van der Waals surface area (Å²) in [6, 6.07) is 7.31. The van der Waals surface area contributed by atoms with Crippen LogP contribution in [0.2, 0.25) is 0 Å². The minimum atomic E-state index is 0.779. The van der Waals surface area contributed by atoms with Crippen LogP contribution in [0.3, 0.4) is 0 Å². The molecule has 3 heteroatoms. The lowest BCUT2D eigenvalue weighted by molar-refractivity contribution is 0.147. The molecule has 0 aromatic heterocycles. The minimum absolute atomic E-state index is 0.779. The van der Waals surface area contributed by atoms with E-state index in [1.54, 1.807) is 7.11 Å². The van der Waals surface area contributed by atoms with Crippen molar-refractivity contribution in [3.63, 3.8) is 0 Å². The average Bonchev–Trinajstić information content (AvgIpc) is 2.47. The zero-order valence-electron chi connectivity index (χ0n) is 11.1. The number of piperidine rings is 1. The van der Waals surface area contributed by atoms with Crippen molar-refractivity contribution in [1.82, 2.24) is 10.2 Å². The van der Waals surface area contributed by atoms with Gasteiger partial charge in [-0.05, 0) is 55.6 Å². The first kappa shape index (κ1) is 12.0. The summed E-state index contributed by atoms with van der Waals surface area (Å²) in [4.78, 5) is 2.66. The third-order valence-electron chi connectivity index (χ3n) is 4.28. The van der Waals surface area contributed by atoms with Gasteiger partial charge in [0.05, 0.1) is 7.11 Å². The maximum atomic E-state index is 5.30. The molecule has 1 aromatic carbocycles. The number of hydrogen-bond acceptors (Lipinski definition) is 3. The van der Waals surface area contributed by atoms with Crippen molar-refractivity contribution >= 4 is 0 Å². The van der Waals surface area contributed by atoms with Gasteiger partial charge in [0.25, 0.3) is 0 Å². The van der Waals surface area contributed by atoms with Crippen LogP contribution in [0.25, 0.3) is 0 Å². The molecule has 3 nitrogen and oxygen atoms in total. The van der Waals surface area contributed by atoms with Crippen LogP contribution < -0.4 is 10.1 Å². The summed E-state index contributed by atoms with van der Waals surface area (Å²) in [5, 5.41) is 3.44. The van der Waals surface area contributed by atoms with Gasteiger partial charge in [-0.1, -0.05) is 6.07 Å². The fourth-order valence-electron chi connectivity index (χ4n) is 3.16. The molecule has 1 saturated heterocycles. The van der Waals surface area contributed by atoms with E-state index in [2.05, 4.69) is 28.4 Å². The molecular formula is C15H22N2O. The number of hydrogen-bond donors (Lipinski definition) is 1. The van der Waals surface area contributed by atoms with E-state index < -0.39 is 0 Å². The van der Waals surface area contributed by atoms with Gasteiger partial charge in [0.2, 0.25) is 0 Å². The molecule has 0 amide bonds. The Labute approximate surface area is 109 Å². The van der Waals surface area contributed by atoms with Crippen LogP contribution >= 0.6 is 0 Å². The molecule has 0 bridgehead atoms. The highest BCUT2D eigenvalue weighted by Gasteiger charge is 2.24. The van der Waals surface area contributed by atoms with Crippen molar-refractivity contribution in [2.75, 3.05) is 26.7 Å². The quantitative estimate of drug-likeness (QED) is 0.861. The van der Waals surface area contributed by atoms with E-state index in [0.717, 1.165) is 24.8 Å². The highest BCUT2D eigenvalue weighted by Crippen LogP contribution is 2.26. The Bertz CT molecular complexity index is 413. The molecule has 0 saturated carbocycles. The van der Waals surface area contributed by atoms with Gasteiger partial charge in [-0.15, -0.1) is 0 Å². The van der Waals surface area contributed by atoms with E-state index in [-0.39, 0.29) is 0 Å². The van der Waals surface area contributed by atoms with Crippen molar-refractivity contribution < 1.29 is 4.74 Å². The lowest BCUT2D eigenvalue weighted by Crippen LogP contribution is -2.45. The standard InChI is InChI=1S/C15H22N2O/c1-18-15-3-2-13-11-17(9-6-12(13)10-15)14-4-7-16-8-5-14/h2-3,10,14,16H,4-9,11H2,1H3. The molecule has 3 rings (SSSR count). The van der Waals surface area contributed by atoms with E-state index in [0.29, 0.717) is 0 Å². The predicted molar refractivity (Wildman–Crippen MR) is 73.0 cm³/mol. The largest absolute Gasteiger partial charge is 0.497 e. The topological polar surface area (TPSA) is 24.5 Å². The Morgan fingerprint density at radius 3 is 2.83 bits per heavy atom. The highest BCUT2D eigenvalue weighted by molar-refractivity contribution is 5.37. The Morgan fingerprint density at radius 1 is 1.22 bits per heavy atom. The Balaban J connectivity index is 1.72. The number of methoxy groups -OCH3 is 1. The van der Waals surface area contributed by atoms with Gasteiger partial charge in [-0.3, -0.25) is 4.90 Å². The third-order valence-corrected chi connectivity index (χ3v) is 4.28. The van der Waals surface area contributed by atoms with Gasteiger partial charge in [0.15, 0.2) is 0 Å². The molecule has 0 spiro atoms. The lowest BCUT2D eigenvalue weighted by Gasteiger charge is -2.37. The van der Waals surface area contributed by atoms with Crippen LogP contribution in [-0.2, 0) is 13.0 Å². The molecular weight excluding hydrogens is 224 g/mol. The van der Waals surface area contributed by atoms with Crippen LogP contribution in [-0.4, -0.2) is 37.7 Å². The van der Waals surface area contributed by atoms with E-state index in [1.807, 2.05) is 0 Å². The van der Waals surface area contributed by atoms with Gasteiger partial charge in [-0.2, -0.15) is 0 Å². The zero-order valence-corrected chi connectivity index (χ0v) is 11.1. The normalized spacial score (nSPS) is 21.6. The molecule has 1 N–H and O–H groups in total. The molecule has 0 aliphatic carbocycles. The zero-order chi connectivity index (χ0) is 12.4. The molecule has 2 aliphatic rings. The van der Waals surface area contributed by atoms with Gasteiger partial charge in [0.1, 0.15) is 5.75 Å². The molecule has 0 unspecified atom stereocenters. The minimum Gasteiger partial charge on any atom is -0.497 e. The Morgan fingerprint density at radius 2 is 2.06 bits per heavy atom. The van der Waals surface area contributed by atoms with E-state index >= 15 is 0 Å². The molecule has 0 radical (unpaired) electrons. The predicted octanol–water partition coefficient (Wildman–Crippen LogP) is 1.81. The van der Waals surface area contributed by atoms with Gasteiger partial charge >= 0.3 is 0 Å². The molecule has 98 valence electrons. The molecule has 18 heavy (non-hydrogen) atoms. The van der Waals surface area contributed by atoms with Crippen LogP contribution in [0.4, 0.5) is 0 Å². The second-order valence-electron chi connectivity index (χ2n) is 5.34. The second kappa shape index (κ2) is 5.29. The first-order valence-electron chi connectivity index (χ1n) is 6.97. The van der Waals surface area contributed by atoms with Gasteiger partial charge in [-0.25, -0.2) is 0 Å². The average molecular weight is 246 g/mol. The van der Waals surface area contributed by atoms with Crippen LogP contribution in [0.15, 0.2) is 18.2 Å². The maximum Gasteiger partial charge on any atom is 0.119 e. The van der Waals surface area contributed by atoms with Crippen LogP contribution in [0.5, 0.6) is 5.75 Å². The number of rotatable bonds is 2. The molecule has 0 atom stereocenters. The first-order chi connectivity index (χ1) is 8.86. The third kappa shape index (κ3) is 2.38. The summed E-state index contributed by atoms with van der Waals surface area (Å²) < 4.78 is 5.30. The summed E-state index contributed by atoms with van der Waals surface area (Å²) in [5.41, 5.74) is 2.96. The number of fused-ring (bicyclic) bond motifs is 1. The van der Waals surface area contributed by atoms with Crippen molar-refractivity contribution in [3.05, 3.63) is 29.3 Å². The van der Waals surface area contributed by atoms with E-state index in [9.17, 15) is 0 Å². The number of benzene rings is 1. The summed E-state index contributed by atoms with van der Waals surface area (Å²) in [5.74, 6) is 0.990. The smallest absolute Gasteiger partial charge is 0.119 e. The summed E-state index contributed by atoms with van der Waals surface area (Å²) in [7, 11) is 1.74. The molecule has 1 aromatic rings. The van der Waals surface area contributed by atoms with Crippen LogP contribution in [0.1, 0.15) is 24.0 Å². The summed E-state index contributed by atoms with van der Waals surface area (Å²) >= 11 is 0. The van der Waals surface area contributed by atoms with Crippen molar-refractivity contribution in [3.8, 4) is 5.75 Å². The number of nitrogens with zero attached hydrogens (tertiary/aromatic N) is 1. The SMILES string of the molecule is COc1ccc2c(c1)CCN(C1CCNCC1)C2. The van der Waals surface area contributed by atoms with Crippen molar-refractivity contribution in [2.45, 2.75) is 31.8 Å². The first-order valence-corrected chi connectivity index (χ1v) is 6.97. The molecule has 2 aliphatic heterocycles. The summed E-state index contributed by atoms with van der Waals surface area (Å²) in [6.07, 6.45) is 3.76. The number of nitrogens with one attached hydrogen (secondary N) is 1. The highest BCUT2D eigenvalue weighted by atomic mass is 16.5. The van der Waals surface area contributed by atoms with Crippen molar-refractivity contribution in [1.29, 1.82) is 0 Å². The monoisotopic (exact) mass is 246 g/mol. The second-order valence-corrected chi connectivity index (χ2v) is 5.34. The Hall–Kier alpha value is -1.06. The molecule has 1 fully saturated rings. The fourth-order valence-corrected chi connectivity index (χ4v) is 3.16. The fraction of sp³-hybridized carbons (Fsp3) is 0.600. The van der Waals surface area contributed by atoms with Crippen LogP contribution in [0, 0.1) is 0 Å².